The molecule has 34 heavy (non-hydrogen) atoms. The molecule has 1 unspecified atom stereocenters. The molecule has 1 heterocycles. The first-order valence-corrected chi connectivity index (χ1v) is 12.2. The van der Waals surface area contributed by atoms with Gasteiger partial charge < -0.3 is 19.1 Å². The summed E-state index contributed by atoms with van der Waals surface area (Å²) in [7, 11) is -1.64. The maximum atomic E-state index is 12.4. The minimum atomic E-state index is -1.64. The average molecular weight is 472 g/mol. The predicted octanol–water partition coefficient (Wildman–Crippen LogP) is 6.84. The first kappa shape index (κ1) is 23.3. The number of pyridine rings is 1. The van der Waals surface area contributed by atoms with Crippen LogP contribution in [0.25, 0.3) is 0 Å². The van der Waals surface area contributed by atoms with Crippen molar-refractivity contribution in [1.82, 2.24) is 4.98 Å². The number of para-hydroxylation sites is 3. The summed E-state index contributed by atoms with van der Waals surface area (Å²) in [4.78, 5) is 17.0. The number of benzene rings is 3. The van der Waals surface area contributed by atoms with Gasteiger partial charge in [0.15, 0.2) is 5.78 Å². The zero-order chi connectivity index (χ0) is 23.6. The van der Waals surface area contributed by atoms with Crippen LogP contribution in [0.4, 0.5) is 5.69 Å². The molecular formula is C27H25N2O4P. The van der Waals surface area contributed by atoms with Gasteiger partial charge in [0.25, 0.3) is 0 Å². The Morgan fingerprint density at radius 3 is 1.97 bits per heavy atom. The molecule has 0 fully saturated rings. The number of esters is 1. The Balaban J connectivity index is 1.74. The van der Waals surface area contributed by atoms with E-state index in [1.807, 2.05) is 91.0 Å². The van der Waals surface area contributed by atoms with Gasteiger partial charge in [-0.25, -0.2) is 4.79 Å². The number of ether oxygens (including phenoxy) is 1. The molecular weight excluding hydrogens is 447 g/mol. The van der Waals surface area contributed by atoms with Gasteiger partial charge in [-0.3, -0.25) is 4.98 Å². The molecule has 172 valence electrons. The number of nitrogens with one attached hydrogen (secondary N) is 1. The van der Waals surface area contributed by atoms with Crippen molar-refractivity contribution in [2.75, 3.05) is 11.9 Å². The van der Waals surface area contributed by atoms with E-state index in [1.54, 1.807) is 25.3 Å². The van der Waals surface area contributed by atoms with Crippen LogP contribution in [0.3, 0.4) is 0 Å². The van der Waals surface area contributed by atoms with Gasteiger partial charge in [-0.1, -0.05) is 54.6 Å². The standard InChI is InChI=1S/C27H25N2O4P/c1-2-31-27(30)21-18-19-28-25(20-21)26(29-22-12-6-3-7-13-22)34(32-23-14-8-4-9-15-23)33-24-16-10-5-11-17-24/h3-20,26,29H,2H2,1H3. The highest BCUT2D eigenvalue weighted by molar-refractivity contribution is 7.48. The lowest BCUT2D eigenvalue weighted by Crippen LogP contribution is -2.17. The van der Waals surface area contributed by atoms with Crippen LogP contribution in [0.2, 0.25) is 0 Å². The van der Waals surface area contributed by atoms with E-state index < -0.39 is 20.1 Å². The third kappa shape index (κ3) is 6.33. The first-order chi connectivity index (χ1) is 16.7. The Labute approximate surface area is 200 Å². The summed E-state index contributed by atoms with van der Waals surface area (Å²) in [6, 6.07) is 32.1. The zero-order valence-electron chi connectivity index (χ0n) is 18.7. The minimum absolute atomic E-state index is 0.295. The summed E-state index contributed by atoms with van der Waals surface area (Å²) in [5.41, 5.74) is 1.89. The van der Waals surface area contributed by atoms with Crippen LogP contribution in [0.5, 0.6) is 11.5 Å². The number of anilines is 1. The molecule has 0 spiro atoms. The van der Waals surface area contributed by atoms with E-state index in [0.29, 0.717) is 29.4 Å². The van der Waals surface area contributed by atoms with Gasteiger partial charge in [0, 0.05) is 11.9 Å². The molecule has 1 N–H and O–H groups in total. The van der Waals surface area contributed by atoms with Gasteiger partial charge in [0.2, 0.25) is 0 Å². The Hall–Kier alpha value is -3.89. The normalized spacial score (nSPS) is 11.5. The quantitative estimate of drug-likeness (QED) is 0.201. The molecule has 0 saturated heterocycles. The molecule has 0 aliphatic rings. The lowest BCUT2D eigenvalue weighted by atomic mass is 10.2. The van der Waals surface area contributed by atoms with Crippen LogP contribution in [0, 0.1) is 0 Å². The Bertz CT molecular complexity index is 1140. The van der Waals surface area contributed by atoms with Crippen LogP contribution in [0.15, 0.2) is 109 Å². The van der Waals surface area contributed by atoms with E-state index in [0.717, 1.165) is 5.69 Å². The van der Waals surface area contributed by atoms with Crippen molar-refractivity contribution in [3.63, 3.8) is 0 Å². The Morgan fingerprint density at radius 1 is 0.853 bits per heavy atom. The van der Waals surface area contributed by atoms with Crippen LogP contribution >= 0.6 is 8.38 Å². The van der Waals surface area contributed by atoms with E-state index in [2.05, 4.69) is 10.3 Å². The van der Waals surface area contributed by atoms with Crippen molar-refractivity contribution in [3.05, 3.63) is 121 Å². The van der Waals surface area contributed by atoms with Crippen molar-refractivity contribution >= 4 is 20.0 Å². The highest BCUT2D eigenvalue weighted by Gasteiger charge is 2.31. The molecule has 6 nitrogen and oxygen atoms in total. The summed E-state index contributed by atoms with van der Waals surface area (Å²) in [6.07, 6.45) is 1.60. The van der Waals surface area contributed by atoms with E-state index in [1.165, 1.54) is 0 Å². The molecule has 0 aliphatic heterocycles. The molecule has 1 atom stereocenters. The van der Waals surface area contributed by atoms with Gasteiger partial charge in [-0.15, -0.1) is 0 Å². The SMILES string of the molecule is CCOC(=O)c1ccnc(C(Nc2ccccc2)P(Oc2ccccc2)Oc2ccccc2)c1. The number of nitrogens with zero attached hydrogens (tertiary/aromatic N) is 1. The van der Waals surface area contributed by atoms with E-state index in [9.17, 15) is 4.79 Å². The fraction of sp³-hybridized carbons (Fsp3) is 0.111. The number of rotatable bonds is 10. The minimum Gasteiger partial charge on any atom is -0.462 e. The van der Waals surface area contributed by atoms with Crippen LogP contribution in [-0.2, 0) is 4.74 Å². The van der Waals surface area contributed by atoms with Crippen LogP contribution < -0.4 is 14.4 Å². The van der Waals surface area contributed by atoms with Crippen LogP contribution in [0.1, 0.15) is 28.8 Å². The first-order valence-electron chi connectivity index (χ1n) is 10.9. The summed E-state index contributed by atoms with van der Waals surface area (Å²) < 4.78 is 17.9. The van der Waals surface area contributed by atoms with E-state index >= 15 is 0 Å². The second-order valence-corrected chi connectivity index (χ2v) is 8.65. The number of hydrogen-bond donors (Lipinski definition) is 1. The van der Waals surface area contributed by atoms with Crippen molar-refractivity contribution in [2.45, 2.75) is 12.7 Å². The van der Waals surface area contributed by atoms with Crippen LogP contribution in [-0.4, -0.2) is 17.6 Å². The number of carbonyl (C=O) groups excluding carboxylic acids is 1. The molecule has 0 radical (unpaired) electrons. The van der Waals surface area contributed by atoms with Gasteiger partial charge >= 0.3 is 14.3 Å². The molecule has 0 bridgehead atoms. The number of carbonyl (C=O) groups is 1. The lowest BCUT2D eigenvalue weighted by Gasteiger charge is -2.28. The Morgan fingerprint density at radius 2 is 1.41 bits per heavy atom. The highest BCUT2D eigenvalue weighted by atomic mass is 31.2. The molecule has 3 aromatic carbocycles. The van der Waals surface area contributed by atoms with Gasteiger partial charge in [0.1, 0.15) is 11.5 Å². The second-order valence-electron chi connectivity index (χ2n) is 7.20. The average Bonchev–Trinajstić information content (AvgIpc) is 2.89. The van der Waals surface area contributed by atoms with Gasteiger partial charge in [-0.05, 0) is 55.5 Å². The maximum absolute atomic E-state index is 12.4. The third-order valence-electron chi connectivity index (χ3n) is 4.74. The number of aromatic nitrogens is 1. The second kappa shape index (κ2) is 11.8. The van der Waals surface area contributed by atoms with E-state index in [4.69, 9.17) is 13.8 Å². The number of hydrogen-bond acceptors (Lipinski definition) is 6. The monoisotopic (exact) mass is 472 g/mol. The zero-order valence-corrected chi connectivity index (χ0v) is 19.6. The van der Waals surface area contributed by atoms with E-state index in [-0.39, 0.29) is 0 Å². The molecule has 4 aromatic rings. The maximum Gasteiger partial charge on any atom is 0.338 e. The molecule has 0 saturated carbocycles. The fourth-order valence-electron chi connectivity index (χ4n) is 3.16. The Kier molecular flexibility index (Phi) is 8.09. The van der Waals surface area contributed by atoms with Crippen molar-refractivity contribution < 1.29 is 18.6 Å². The summed E-state index contributed by atoms with van der Waals surface area (Å²) >= 11 is 0. The largest absolute Gasteiger partial charge is 0.462 e. The van der Waals surface area contributed by atoms with Crippen molar-refractivity contribution in [2.24, 2.45) is 0 Å². The fourth-order valence-corrected chi connectivity index (χ4v) is 4.68. The topological polar surface area (TPSA) is 69.7 Å². The smallest absolute Gasteiger partial charge is 0.338 e. The predicted molar refractivity (Wildman–Crippen MR) is 134 cm³/mol. The lowest BCUT2D eigenvalue weighted by molar-refractivity contribution is 0.0526. The summed E-state index contributed by atoms with van der Waals surface area (Å²) in [6.45, 7) is 2.07. The van der Waals surface area contributed by atoms with Crippen molar-refractivity contribution in [1.29, 1.82) is 0 Å². The summed E-state index contributed by atoms with van der Waals surface area (Å²) in [5.74, 6) is 0.450. The summed E-state index contributed by atoms with van der Waals surface area (Å²) in [5, 5.41) is 3.50. The molecule has 7 heteroatoms. The molecule has 0 amide bonds. The molecule has 1 aromatic heterocycles. The third-order valence-corrected chi connectivity index (χ3v) is 6.33. The highest BCUT2D eigenvalue weighted by Crippen LogP contribution is 2.52. The van der Waals surface area contributed by atoms with Gasteiger partial charge in [-0.2, -0.15) is 0 Å². The molecule has 4 rings (SSSR count). The van der Waals surface area contributed by atoms with Gasteiger partial charge in [0.05, 0.1) is 17.9 Å². The molecule has 0 aliphatic carbocycles. The van der Waals surface area contributed by atoms with Crippen molar-refractivity contribution in [3.8, 4) is 11.5 Å².